The molecule has 0 unspecified atom stereocenters. The fraction of sp³-hybridized carbons (Fsp3) is 0.455. The van der Waals surface area contributed by atoms with Gasteiger partial charge in [-0.15, -0.1) is 0 Å². The molecule has 0 spiro atoms. The van der Waals surface area contributed by atoms with Crippen molar-refractivity contribution in [3.63, 3.8) is 0 Å². The monoisotopic (exact) mass is 387 g/mol. The first kappa shape index (κ1) is 20.4. The number of aliphatic hydroxyl groups excluding tert-OH is 2. The summed E-state index contributed by atoms with van der Waals surface area (Å²) in [5.41, 5.74) is 2.13. The van der Waals surface area contributed by atoms with Crippen LogP contribution in [0, 0.1) is 0 Å². The van der Waals surface area contributed by atoms with Gasteiger partial charge < -0.3 is 14.9 Å². The number of nitrogens with zero attached hydrogens (tertiary/aromatic N) is 1. The molecule has 0 saturated carbocycles. The smallest absolute Gasteiger partial charge is 0.0803 e. The van der Waals surface area contributed by atoms with Gasteiger partial charge in [-0.3, -0.25) is 4.90 Å². The van der Waals surface area contributed by atoms with Gasteiger partial charge in [-0.25, -0.2) is 0 Å². The van der Waals surface area contributed by atoms with Crippen LogP contribution in [0.5, 0.6) is 0 Å². The van der Waals surface area contributed by atoms with Crippen LogP contribution >= 0.6 is 11.8 Å². The van der Waals surface area contributed by atoms with Crippen LogP contribution in [0.25, 0.3) is 0 Å². The van der Waals surface area contributed by atoms with Crippen molar-refractivity contribution in [2.75, 3.05) is 38.6 Å². The van der Waals surface area contributed by atoms with E-state index in [9.17, 15) is 10.2 Å². The first-order valence-electron chi connectivity index (χ1n) is 9.60. The van der Waals surface area contributed by atoms with E-state index in [-0.39, 0.29) is 11.4 Å². The maximum Gasteiger partial charge on any atom is 0.0803 e. The number of rotatable bonds is 9. The molecule has 0 bridgehead atoms. The molecule has 1 aliphatic rings. The fourth-order valence-electron chi connectivity index (χ4n) is 3.34. The summed E-state index contributed by atoms with van der Waals surface area (Å²) in [6.07, 6.45) is -0.267. The van der Waals surface area contributed by atoms with Gasteiger partial charge in [0.15, 0.2) is 0 Å². The Morgan fingerprint density at radius 3 is 2.11 bits per heavy atom. The Labute approximate surface area is 166 Å². The Morgan fingerprint density at radius 1 is 0.889 bits per heavy atom. The molecule has 2 N–H and O–H groups in total. The number of β-amino-alcohol motifs (C(OH)–C–C–N with tert-alkyl or cyclic N) is 1. The Kier molecular flexibility index (Phi) is 8.17. The van der Waals surface area contributed by atoms with Gasteiger partial charge in [0.2, 0.25) is 0 Å². The topological polar surface area (TPSA) is 52.9 Å². The average molecular weight is 388 g/mol. The molecule has 0 radical (unpaired) electrons. The summed E-state index contributed by atoms with van der Waals surface area (Å²) in [5.74, 6) is 0.651. The second-order valence-electron chi connectivity index (χ2n) is 6.96. The molecule has 2 aromatic rings. The van der Waals surface area contributed by atoms with Crippen molar-refractivity contribution in [1.82, 2.24) is 4.90 Å². The van der Waals surface area contributed by atoms with Crippen LogP contribution in [0.1, 0.15) is 28.9 Å². The van der Waals surface area contributed by atoms with E-state index in [1.54, 1.807) is 11.8 Å². The molecular formula is C22H29NO3S. The van der Waals surface area contributed by atoms with Gasteiger partial charge in [0.05, 0.1) is 25.4 Å². The SMILES string of the molecule is O[C@H](CS[C@@H](C[C@H](O)c1ccccc1)c1ccccc1)CN1CCOCC1. The van der Waals surface area contributed by atoms with E-state index in [1.807, 2.05) is 48.5 Å². The number of morpholine rings is 1. The van der Waals surface area contributed by atoms with E-state index < -0.39 is 6.10 Å². The molecular weight excluding hydrogens is 358 g/mol. The first-order valence-corrected chi connectivity index (χ1v) is 10.6. The highest BCUT2D eigenvalue weighted by Crippen LogP contribution is 2.37. The van der Waals surface area contributed by atoms with Crippen molar-refractivity contribution in [3.05, 3.63) is 71.8 Å². The lowest BCUT2D eigenvalue weighted by Crippen LogP contribution is -2.41. The van der Waals surface area contributed by atoms with E-state index in [0.29, 0.717) is 18.7 Å². The van der Waals surface area contributed by atoms with Crippen LogP contribution < -0.4 is 0 Å². The quantitative estimate of drug-likeness (QED) is 0.692. The Balaban J connectivity index is 1.58. The standard InChI is InChI=1S/C22H29NO3S/c24-20(16-23-11-13-26-14-12-23)17-27-22(19-9-5-2-6-10-19)15-21(25)18-7-3-1-4-8-18/h1-10,20-22,24-25H,11-17H2/t20-,21-,22-/m0/s1. The normalized spacial score (nSPS) is 18.7. The second-order valence-corrected chi connectivity index (χ2v) is 8.20. The summed E-state index contributed by atoms with van der Waals surface area (Å²) in [6.45, 7) is 3.94. The zero-order valence-corrected chi connectivity index (χ0v) is 16.4. The highest BCUT2D eigenvalue weighted by atomic mass is 32.2. The van der Waals surface area contributed by atoms with Crippen molar-refractivity contribution in [2.24, 2.45) is 0 Å². The molecule has 1 aliphatic heterocycles. The third-order valence-electron chi connectivity index (χ3n) is 4.86. The third-order valence-corrected chi connectivity index (χ3v) is 6.30. The highest BCUT2D eigenvalue weighted by molar-refractivity contribution is 7.99. The summed E-state index contributed by atoms with van der Waals surface area (Å²) in [6, 6.07) is 20.1. The molecule has 0 aromatic heterocycles. The lowest BCUT2D eigenvalue weighted by molar-refractivity contribution is 0.0188. The number of aliphatic hydroxyl groups is 2. The van der Waals surface area contributed by atoms with Gasteiger partial charge in [0.25, 0.3) is 0 Å². The molecule has 1 heterocycles. The molecule has 3 rings (SSSR count). The number of ether oxygens (including phenoxy) is 1. The van der Waals surface area contributed by atoms with Crippen LogP contribution in [-0.4, -0.2) is 59.8 Å². The Hall–Kier alpha value is -1.37. The highest BCUT2D eigenvalue weighted by Gasteiger charge is 2.21. The van der Waals surface area contributed by atoms with Crippen LogP contribution in [0.3, 0.4) is 0 Å². The van der Waals surface area contributed by atoms with Crippen LogP contribution in [0.4, 0.5) is 0 Å². The van der Waals surface area contributed by atoms with Crippen molar-refractivity contribution >= 4 is 11.8 Å². The summed E-state index contributed by atoms with van der Waals surface area (Å²) >= 11 is 1.73. The predicted molar refractivity (Wildman–Crippen MR) is 111 cm³/mol. The van der Waals surface area contributed by atoms with Crippen molar-refractivity contribution in [1.29, 1.82) is 0 Å². The fourth-order valence-corrected chi connectivity index (χ4v) is 4.57. The number of hydrogen-bond acceptors (Lipinski definition) is 5. The number of benzene rings is 2. The van der Waals surface area contributed by atoms with Gasteiger partial charge in [-0.05, 0) is 17.5 Å². The molecule has 3 atom stereocenters. The summed E-state index contributed by atoms with van der Waals surface area (Å²) in [4.78, 5) is 2.26. The summed E-state index contributed by atoms with van der Waals surface area (Å²) in [5, 5.41) is 21.3. The van der Waals surface area contributed by atoms with Crippen LogP contribution in [0.2, 0.25) is 0 Å². The minimum Gasteiger partial charge on any atom is -0.391 e. The van der Waals surface area contributed by atoms with E-state index in [4.69, 9.17) is 4.74 Å². The van der Waals surface area contributed by atoms with Gasteiger partial charge in [-0.2, -0.15) is 11.8 Å². The van der Waals surface area contributed by atoms with Gasteiger partial charge in [0, 0.05) is 30.6 Å². The molecule has 1 saturated heterocycles. The Bertz CT molecular complexity index is 649. The molecule has 27 heavy (non-hydrogen) atoms. The van der Waals surface area contributed by atoms with E-state index in [0.717, 1.165) is 31.9 Å². The lowest BCUT2D eigenvalue weighted by atomic mass is 10.0. The van der Waals surface area contributed by atoms with Gasteiger partial charge >= 0.3 is 0 Å². The van der Waals surface area contributed by atoms with Crippen LogP contribution in [0.15, 0.2) is 60.7 Å². The maximum atomic E-state index is 10.7. The van der Waals surface area contributed by atoms with Crippen molar-refractivity contribution < 1.29 is 14.9 Å². The summed E-state index contributed by atoms with van der Waals surface area (Å²) < 4.78 is 5.37. The molecule has 5 heteroatoms. The average Bonchev–Trinajstić information content (AvgIpc) is 2.73. The zero-order valence-electron chi connectivity index (χ0n) is 15.6. The third kappa shape index (κ3) is 6.63. The summed E-state index contributed by atoms with van der Waals surface area (Å²) in [7, 11) is 0. The lowest BCUT2D eigenvalue weighted by Gasteiger charge is -2.29. The second kappa shape index (κ2) is 10.8. The molecule has 146 valence electrons. The minimum atomic E-state index is -0.514. The van der Waals surface area contributed by atoms with Gasteiger partial charge in [-0.1, -0.05) is 60.7 Å². The zero-order chi connectivity index (χ0) is 18.9. The number of hydrogen-bond donors (Lipinski definition) is 2. The molecule has 4 nitrogen and oxygen atoms in total. The van der Waals surface area contributed by atoms with Gasteiger partial charge in [0.1, 0.15) is 0 Å². The Morgan fingerprint density at radius 2 is 1.48 bits per heavy atom. The van der Waals surface area contributed by atoms with E-state index >= 15 is 0 Å². The van der Waals surface area contributed by atoms with Crippen molar-refractivity contribution in [3.8, 4) is 0 Å². The minimum absolute atomic E-state index is 0.140. The molecule has 2 aromatic carbocycles. The van der Waals surface area contributed by atoms with E-state index in [1.165, 1.54) is 5.56 Å². The van der Waals surface area contributed by atoms with E-state index in [2.05, 4.69) is 17.0 Å². The number of thioether (sulfide) groups is 1. The maximum absolute atomic E-state index is 10.7. The van der Waals surface area contributed by atoms with Crippen molar-refractivity contribution in [2.45, 2.75) is 23.9 Å². The van der Waals surface area contributed by atoms with Crippen LogP contribution in [-0.2, 0) is 4.74 Å². The molecule has 1 fully saturated rings. The predicted octanol–water partition coefficient (Wildman–Crippen LogP) is 3.28. The largest absolute Gasteiger partial charge is 0.391 e. The molecule has 0 aliphatic carbocycles. The first-order chi connectivity index (χ1) is 13.2. The molecule has 0 amide bonds.